The van der Waals surface area contributed by atoms with E-state index in [1.54, 1.807) is 12.1 Å². The first-order valence-corrected chi connectivity index (χ1v) is 13.4. The molecule has 41 heavy (non-hydrogen) atoms. The summed E-state index contributed by atoms with van der Waals surface area (Å²) in [6.45, 7) is 4.04. The van der Waals surface area contributed by atoms with Crippen LogP contribution >= 0.6 is 0 Å². The van der Waals surface area contributed by atoms with Gasteiger partial charge in [-0.25, -0.2) is 0 Å². The number of nitriles is 2. The highest BCUT2D eigenvalue weighted by molar-refractivity contribution is 5.79. The predicted octanol–water partition coefficient (Wildman–Crippen LogP) is 9.86. The fraction of sp³-hybridized carbons (Fsp3) is 0.0526. The molecule has 0 heterocycles. The van der Waals surface area contributed by atoms with Gasteiger partial charge >= 0.3 is 0 Å². The highest BCUT2D eigenvalue weighted by Gasteiger charge is 2.08. The van der Waals surface area contributed by atoms with Crippen LogP contribution in [-0.4, -0.2) is 0 Å². The fourth-order valence-electron chi connectivity index (χ4n) is 4.18. The molecule has 198 valence electrons. The van der Waals surface area contributed by atoms with Crippen molar-refractivity contribution in [1.29, 1.82) is 10.5 Å². The van der Waals surface area contributed by atoms with E-state index >= 15 is 0 Å². The molecule has 0 spiro atoms. The lowest BCUT2D eigenvalue weighted by Gasteiger charge is -2.20. The average Bonchev–Trinajstić information content (AvgIpc) is 3.02. The van der Waals surface area contributed by atoms with Gasteiger partial charge in [0.25, 0.3) is 0 Å². The van der Waals surface area contributed by atoms with Gasteiger partial charge < -0.3 is 4.90 Å². The van der Waals surface area contributed by atoms with Crippen LogP contribution < -0.4 is 4.90 Å². The molecule has 0 unspecified atom stereocenters. The number of hydrogen-bond donors (Lipinski definition) is 0. The molecule has 0 amide bonds. The Hall–Kier alpha value is -5.64. The van der Waals surface area contributed by atoms with E-state index in [1.165, 1.54) is 5.56 Å². The predicted molar refractivity (Wildman–Crippen MR) is 173 cm³/mol. The van der Waals surface area contributed by atoms with Crippen LogP contribution in [0.4, 0.5) is 11.4 Å². The van der Waals surface area contributed by atoms with Gasteiger partial charge in [0, 0.05) is 17.6 Å². The van der Waals surface area contributed by atoms with Crippen LogP contribution in [0.2, 0.25) is 0 Å². The number of hydrogen-bond acceptors (Lipinski definition) is 3. The van der Waals surface area contributed by atoms with Crippen molar-refractivity contribution in [3.63, 3.8) is 0 Å². The van der Waals surface area contributed by atoms with E-state index in [4.69, 9.17) is 0 Å². The summed E-state index contributed by atoms with van der Waals surface area (Å²) in [5.41, 5.74) is 7.78. The van der Waals surface area contributed by atoms with Crippen molar-refractivity contribution in [3.05, 3.63) is 167 Å². The summed E-state index contributed by atoms with van der Waals surface area (Å²) in [6, 6.07) is 34.7. The standard InChI is InChI=1S/C38H31N3/c1-3-4-5-6-10-25-41(37-11-8-7-9-12-37)38-23-19-32(20-24-38)18-22-34-27-35(28-39)33(26-36(34)29-40)21-17-31-15-13-30(2)14-16-31/h3-27H,1-2H3/b4-3-,6-5-,21-17+,22-18+,25-10+. The number of allylic oxidation sites excluding steroid dienone is 5. The summed E-state index contributed by atoms with van der Waals surface area (Å²) in [5, 5.41) is 19.6. The lowest BCUT2D eigenvalue weighted by molar-refractivity contribution is 1.28. The minimum atomic E-state index is 0.520. The molecule has 0 radical (unpaired) electrons. The molecular formula is C38H31N3. The number of nitrogens with zero attached hydrogens (tertiary/aromatic N) is 3. The highest BCUT2D eigenvalue weighted by atomic mass is 15.1. The van der Waals surface area contributed by atoms with E-state index in [0.717, 1.165) is 28.1 Å². The Morgan fingerprint density at radius 3 is 1.63 bits per heavy atom. The van der Waals surface area contributed by atoms with Crippen molar-refractivity contribution in [2.24, 2.45) is 0 Å². The zero-order valence-electron chi connectivity index (χ0n) is 23.3. The Bertz CT molecular complexity index is 1690. The van der Waals surface area contributed by atoms with Gasteiger partial charge in [-0.3, -0.25) is 0 Å². The Labute approximate surface area is 243 Å². The van der Waals surface area contributed by atoms with Crippen molar-refractivity contribution < 1.29 is 0 Å². The molecule has 4 aromatic rings. The molecule has 0 atom stereocenters. The van der Waals surface area contributed by atoms with Crippen molar-refractivity contribution in [2.75, 3.05) is 4.90 Å². The molecule has 0 saturated heterocycles. The van der Waals surface area contributed by atoms with E-state index in [0.29, 0.717) is 16.7 Å². The molecule has 0 aliphatic carbocycles. The van der Waals surface area contributed by atoms with Crippen LogP contribution in [-0.2, 0) is 0 Å². The molecule has 0 aromatic heterocycles. The number of anilines is 2. The van der Waals surface area contributed by atoms with E-state index < -0.39 is 0 Å². The summed E-state index contributed by atoms with van der Waals surface area (Å²) in [6.07, 6.45) is 19.7. The van der Waals surface area contributed by atoms with Crippen molar-refractivity contribution in [2.45, 2.75) is 13.8 Å². The van der Waals surface area contributed by atoms with E-state index in [1.807, 2.05) is 129 Å². The number of para-hydroxylation sites is 1. The zero-order valence-corrected chi connectivity index (χ0v) is 23.3. The van der Waals surface area contributed by atoms with Gasteiger partial charge in [-0.15, -0.1) is 0 Å². The molecule has 3 nitrogen and oxygen atoms in total. The summed E-state index contributed by atoms with van der Waals surface area (Å²) in [4.78, 5) is 2.13. The van der Waals surface area contributed by atoms with Crippen LogP contribution in [0.3, 0.4) is 0 Å². The first-order valence-electron chi connectivity index (χ1n) is 13.4. The van der Waals surface area contributed by atoms with Crippen LogP contribution in [0.5, 0.6) is 0 Å². The van der Waals surface area contributed by atoms with Crippen molar-refractivity contribution >= 4 is 35.7 Å². The first kappa shape index (κ1) is 28.4. The third-order valence-electron chi connectivity index (χ3n) is 6.42. The lowest BCUT2D eigenvalue weighted by atomic mass is 9.97. The molecule has 0 saturated carbocycles. The van der Waals surface area contributed by atoms with Gasteiger partial charge in [0.15, 0.2) is 0 Å². The van der Waals surface area contributed by atoms with Gasteiger partial charge in [-0.05, 0) is 78.6 Å². The molecule has 4 rings (SSSR count). The number of benzene rings is 4. The topological polar surface area (TPSA) is 50.8 Å². The van der Waals surface area contributed by atoms with E-state index in [2.05, 4.69) is 41.3 Å². The van der Waals surface area contributed by atoms with Crippen LogP contribution in [0.1, 0.15) is 45.9 Å². The smallest absolute Gasteiger partial charge is 0.0998 e. The largest absolute Gasteiger partial charge is 0.317 e. The summed E-state index contributed by atoms with van der Waals surface area (Å²) < 4.78 is 0. The second-order valence-corrected chi connectivity index (χ2v) is 9.38. The van der Waals surface area contributed by atoms with Gasteiger partial charge in [0.05, 0.1) is 23.3 Å². The van der Waals surface area contributed by atoms with E-state index in [-0.39, 0.29) is 0 Å². The second-order valence-electron chi connectivity index (χ2n) is 9.38. The Balaban J connectivity index is 1.57. The van der Waals surface area contributed by atoms with E-state index in [9.17, 15) is 10.5 Å². The third kappa shape index (κ3) is 7.93. The maximum Gasteiger partial charge on any atom is 0.0998 e. The Morgan fingerprint density at radius 1 is 0.585 bits per heavy atom. The Morgan fingerprint density at radius 2 is 1.10 bits per heavy atom. The minimum absolute atomic E-state index is 0.520. The molecule has 4 aromatic carbocycles. The molecule has 0 bridgehead atoms. The molecule has 0 N–H and O–H groups in total. The maximum absolute atomic E-state index is 9.83. The van der Waals surface area contributed by atoms with Crippen LogP contribution in [0, 0.1) is 29.6 Å². The lowest BCUT2D eigenvalue weighted by Crippen LogP contribution is -2.07. The van der Waals surface area contributed by atoms with Crippen molar-refractivity contribution in [1.82, 2.24) is 0 Å². The first-order chi connectivity index (χ1) is 20.1. The van der Waals surface area contributed by atoms with Crippen LogP contribution in [0.15, 0.2) is 128 Å². The molecule has 3 heteroatoms. The fourth-order valence-corrected chi connectivity index (χ4v) is 4.18. The van der Waals surface area contributed by atoms with Gasteiger partial charge in [0.2, 0.25) is 0 Å². The normalized spacial score (nSPS) is 11.6. The molecule has 0 aliphatic heterocycles. The minimum Gasteiger partial charge on any atom is -0.317 e. The molecule has 0 aliphatic rings. The monoisotopic (exact) mass is 529 g/mol. The Kier molecular flexibility index (Phi) is 10.0. The summed E-state index contributed by atoms with van der Waals surface area (Å²) >= 11 is 0. The number of aryl methyl sites for hydroxylation is 1. The van der Waals surface area contributed by atoms with Gasteiger partial charge in [-0.2, -0.15) is 10.5 Å². The highest BCUT2D eigenvalue weighted by Crippen LogP contribution is 2.27. The van der Waals surface area contributed by atoms with Gasteiger partial charge in [0.1, 0.15) is 0 Å². The maximum atomic E-state index is 9.83. The summed E-state index contributed by atoms with van der Waals surface area (Å²) in [7, 11) is 0. The zero-order chi connectivity index (χ0) is 28.9. The SMILES string of the molecule is C\C=C/C=C\C=C\N(c1ccccc1)c1ccc(/C=C/c2cc(C#N)c(/C=C/c3ccc(C)cc3)cc2C#N)cc1. The quantitative estimate of drug-likeness (QED) is 0.160. The molecular weight excluding hydrogens is 498 g/mol. The third-order valence-corrected chi connectivity index (χ3v) is 6.42. The average molecular weight is 530 g/mol. The summed E-state index contributed by atoms with van der Waals surface area (Å²) in [5.74, 6) is 0. The van der Waals surface area contributed by atoms with Crippen LogP contribution in [0.25, 0.3) is 24.3 Å². The number of rotatable bonds is 9. The van der Waals surface area contributed by atoms with Crippen molar-refractivity contribution in [3.8, 4) is 12.1 Å². The van der Waals surface area contributed by atoms with Gasteiger partial charge in [-0.1, -0.05) is 109 Å². The second kappa shape index (κ2) is 14.5. The molecule has 0 fully saturated rings.